The fourth-order valence-corrected chi connectivity index (χ4v) is 2.73. The van der Waals surface area contributed by atoms with E-state index in [2.05, 4.69) is 15.9 Å². The Morgan fingerprint density at radius 1 is 0.727 bits per heavy atom. The molecule has 0 unspecified atom stereocenters. The van der Waals surface area contributed by atoms with Crippen molar-refractivity contribution in [2.24, 2.45) is 0 Å². The van der Waals surface area contributed by atoms with Crippen LogP contribution in [0.25, 0.3) is 0 Å². The van der Waals surface area contributed by atoms with Gasteiger partial charge in [-0.3, -0.25) is 0 Å². The largest absolute Gasteiger partial charge is 0.446 e. The van der Waals surface area contributed by atoms with Crippen LogP contribution in [-0.2, 0) is 5.67 Å². The first-order valence-corrected chi connectivity index (χ1v) is 6.58. The highest BCUT2D eigenvalue weighted by Crippen LogP contribution is 2.54. The van der Waals surface area contributed by atoms with Gasteiger partial charge in [-0.25, -0.2) is 4.39 Å². The van der Waals surface area contributed by atoms with Crippen LogP contribution in [0.3, 0.4) is 0 Å². The van der Waals surface area contributed by atoms with Gasteiger partial charge in [0.05, 0.1) is 0 Å². The third-order valence-electron chi connectivity index (χ3n) is 2.28. The van der Waals surface area contributed by atoms with Crippen LogP contribution in [0.1, 0.15) is 5.56 Å². The maximum atomic E-state index is 13.8. The van der Waals surface area contributed by atoms with E-state index in [1.807, 2.05) is 0 Å². The van der Waals surface area contributed by atoms with Gasteiger partial charge in [-0.1, -0.05) is 15.9 Å². The van der Waals surface area contributed by atoms with Gasteiger partial charge < -0.3 is 0 Å². The topological polar surface area (TPSA) is 0 Å². The lowest BCUT2D eigenvalue weighted by Gasteiger charge is -2.30. The van der Waals surface area contributed by atoms with Crippen molar-refractivity contribution in [3.05, 3.63) is 28.2 Å². The molecule has 22 heavy (non-hydrogen) atoms. The second-order valence-electron chi connectivity index (χ2n) is 3.88. The van der Waals surface area contributed by atoms with Gasteiger partial charge in [0.25, 0.3) is 0 Å². The van der Waals surface area contributed by atoms with Crippen LogP contribution in [-0.4, -0.2) is 17.9 Å². The van der Waals surface area contributed by atoms with E-state index in [0.29, 0.717) is 6.07 Å². The minimum absolute atomic E-state index is 0.126. The molecule has 0 aliphatic rings. The molecule has 126 valence electrons. The molecule has 0 aromatic heterocycles. The molecule has 0 heterocycles. The van der Waals surface area contributed by atoms with E-state index in [-0.39, 0.29) is 12.1 Å². The van der Waals surface area contributed by atoms with E-state index in [4.69, 9.17) is 0 Å². The average Bonchev–Trinajstić information content (AvgIpc) is 2.21. The molecular weight excluding hydrogens is 422 g/mol. The maximum absolute atomic E-state index is 13.8. The van der Waals surface area contributed by atoms with E-state index in [1.54, 1.807) is 0 Å². The van der Waals surface area contributed by atoms with E-state index in [9.17, 15) is 43.9 Å². The summed E-state index contributed by atoms with van der Waals surface area (Å²) in [5, 5.41) is 0. The summed E-state index contributed by atoms with van der Waals surface area (Å²) >= 11 is 1.50. The number of rotatable bonds is 2. The van der Waals surface area contributed by atoms with E-state index in [1.165, 1.54) is 0 Å². The zero-order chi connectivity index (χ0) is 17.6. The molecule has 1 rings (SSSR count). The Morgan fingerprint density at radius 2 is 1.18 bits per heavy atom. The summed E-state index contributed by atoms with van der Waals surface area (Å²) in [6, 6.07) is 0.611. The van der Waals surface area contributed by atoms with Crippen molar-refractivity contribution in [2.45, 2.75) is 28.4 Å². The van der Waals surface area contributed by atoms with Crippen LogP contribution in [0.15, 0.2) is 27.6 Å². The Bertz CT molecular complexity index is 530. The molecule has 12 heteroatoms. The number of benzene rings is 1. The lowest BCUT2D eigenvalue weighted by Crippen LogP contribution is -2.50. The SMILES string of the molecule is FC(F)(F)Sc1cc(Br)cc(C(F)(C(F)(F)F)C(F)(F)F)c1. The van der Waals surface area contributed by atoms with Gasteiger partial charge in [0.2, 0.25) is 0 Å². The van der Waals surface area contributed by atoms with E-state index >= 15 is 0 Å². The quantitative estimate of drug-likeness (QED) is 0.393. The fourth-order valence-electron chi connectivity index (χ4n) is 1.44. The van der Waals surface area contributed by atoms with Crippen molar-refractivity contribution >= 4 is 27.7 Å². The standard InChI is InChI=1S/C10H3BrF10S/c11-5-1-4(2-6(3-5)22-10(19,20)21)7(12,8(13,14)15)9(16,17)18/h1-3H. The molecule has 1 aromatic rings. The van der Waals surface area contributed by atoms with E-state index < -0.39 is 50.2 Å². The Kier molecular flexibility index (Phi) is 5.08. The molecule has 1 aromatic carbocycles. The molecule has 0 saturated heterocycles. The molecule has 0 aliphatic heterocycles. The molecule has 0 N–H and O–H groups in total. The molecule has 0 spiro atoms. The van der Waals surface area contributed by atoms with Crippen molar-refractivity contribution in [3.8, 4) is 0 Å². The predicted molar refractivity (Wildman–Crippen MR) is 60.9 cm³/mol. The summed E-state index contributed by atoms with van der Waals surface area (Å²) in [6.07, 6.45) is -12.8. The molecule has 0 nitrogen and oxygen atoms in total. The Labute approximate surface area is 129 Å². The van der Waals surface area contributed by atoms with Gasteiger partial charge in [0.15, 0.2) is 0 Å². The van der Waals surface area contributed by atoms with Gasteiger partial charge >= 0.3 is 23.5 Å². The Hall–Kier alpha value is -0.650. The number of thioether (sulfide) groups is 1. The second-order valence-corrected chi connectivity index (χ2v) is 5.93. The van der Waals surface area contributed by atoms with Crippen molar-refractivity contribution in [2.75, 3.05) is 0 Å². The summed E-state index contributed by atoms with van der Waals surface area (Å²) in [5.41, 5.74) is -12.7. The van der Waals surface area contributed by atoms with Crippen LogP contribution in [0.4, 0.5) is 43.9 Å². The summed E-state index contributed by atoms with van der Waals surface area (Å²) < 4.78 is 125. The highest BCUT2D eigenvalue weighted by molar-refractivity contribution is 9.10. The molecule has 0 bridgehead atoms. The molecule has 0 saturated carbocycles. The predicted octanol–water partition coefficient (Wildman–Crippen LogP) is 6.35. The Morgan fingerprint density at radius 3 is 1.55 bits per heavy atom. The fraction of sp³-hybridized carbons (Fsp3) is 0.400. The first kappa shape index (κ1) is 19.4. The minimum atomic E-state index is -6.40. The lowest BCUT2D eigenvalue weighted by molar-refractivity contribution is -0.348. The van der Waals surface area contributed by atoms with Gasteiger partial charge in [-0.15, -0.1) is 0 Å². The highest BCUT2D eigenvalue weighted by atomic mass is 79.9. The average molecular weight is 425 g/mol. The van der Waals surface area contributed by atoms with Gasteiger partial charge in [-0.2, -0.15) is 39.5 Å². The summed E-state index contributed by atoms with van der Waals surface area (Å²) in [4.78, 5) is -1.02. The highest BCUT2D eigenvalue weighted by Gasteiger charge is 2.73. The van der Waals surface area contributed by atoms with Crippen LogP contribution < -0.4 is 0 Å². The van der Waals surface area contributed by atoms with Crippen molar-refractivity contribution in [1.82, 2.24) is 0 Å². The number of halogens is 11. The molecule has 0 atom stereocenters. The Balaban J connectivity index is 3.52. The zero-order valence-electron chi connectivity index (χ0n) is 9.80. The third kappa shape index (κ3) is 4.00. The molecule has 0 fully saturated rings. The first-order valence-electron chi connectivity index (χ1n) is 4.97. The van der Waals surface area contributed by atoms with Crippen LogP contribution in [0.2, 0.25) is 0 Å². The maximum Gasteiger partial charge on any atom is 0.446 e. The lowest BCUT2D eigenvalue weighted by atomic mass is 9.94. The zero-order valence-corrected chi connectivity index (χ0v) is 12.2. The number of hydrogen-bond donors (Lipinski definition) is 0. The summed E-state index contributed by atoms with van der Waals surface area (Å²) in [5.74, 6) is 0. The van der Waals surface area contributed by atoms with Crippen LogP contribution in [0.5, 0.6) is 0 Å². The third-order valence-corrected chi connectivity index (χ3v) is 3.44. The van der Waals surface area contributed by atoms with Crippen molar-refractivity contribution in [3.63, 3.8) is 0 Å². The van der Waals surface area contributed by atoms with E-state index in [0.717, 1.165) is 0 Å². The van der Waals surface area contributed by atoms with Crippen LogP contribution in [0, 0.1) is 0 Å². The normalized spacial score (nSPS) is 14.3. The molecule has 0 radical (unpaired) electrons. The van der Waals surface area contributed by atoms with Crippen molar-refractivity contribution in [1.29, 1.82) is 0 Å². The van der Waals surface area contributed by atoms with Gasteiger partial charge in [0.1, 0.15) is 0 Å². The number of hydrogen-bond acceptors (Lipinski definition) is 1. The first-order chi connectivity index (χ1) is 9.58. The second kappa shape index (κ2) is 5.77. The molecule has 0 amide bonds. The smallest absolute Gasteiger partial charge is 0.218 e. The minimum Gasteiger partial charge on any atom is -0.218 e. The van der Waals surface area contributed by atoms with Gasteiger partial charge in [-0.05, 0) is 30.0 Å². The summed E-state index contributed by atoms with van der Waals surface area (Å²) in [7, 11) is 0. The van der Waals surface area contributed by atoms with Crippen LogP contribution >= 0.6 is 27.7 Å². The summed E-state index contributed by atoms with van der Waals surface area (Å²) in [6.45, 7) is 0. The molecule has 0 aliphatic carbocycles. The molecular formula is C10H3BrF10S. The number of alkyl halides is 10. The van der Waals surface area contributed by atoms with Gasteiger partial charge in [0, 0.05) is 14.9 Å². The van der Waals surface area contributed by atoms with Crippen molar-refractivity contribution < 1.29 is 43.9 Å². The monoisotopic (exact) mass is 424 g/mol.